The van der Waals surface area contributed by atoms with Crippen LogP contribution in [0, 0.1) is 16.7 Å². The maximum Gasteiger partial charge on any atom is 0.373 e. The van der Waals surface area contributed by atoms with Crippen LogP contribution in [0.15, 0.2) is 91.0 Å². The van der Waals surface area contributed by atoms with Crippen molar-refractivity contribution in [3.05, 3.63) is 108 Å². The number of carbonyl (C=O) groups is 5. The number of ketones is 4. The van der Waals surface area contributed by atoms with E-state index in [0.29, 0.717) is 16.7 Å². The molecule has 0 spiro atoms. The Hall–Kier alpha value is -4.23. The Balaban J connectivity index is 0.000000175. The van der Waals surface area contributed by atoms with Crippen LogP contribution in [0.4, 0.5) is 0 Å². The predicted octanol–water partition coefficient (Wildman–Crippen LogP) is 6.91. The fourth-order valence-electron chi connectivity index (χ4n) is 5.02. The smallest absolute Gasteiger partial charge is 0.292 e. The minimum atomic E-state index is -0.482. The number of benzene rings is 3. The van der Waals surface area contributed by atoms with Crippen LogP contribution in [-0.2, 0) is 19.4 Å². The molecule has 2 unspecified atom stereocenters. The molecule has 2 fully saturated rings. The van der Waals surface area contributed by atoms with Gasteiger partial charge in [-0.3, -0.25) is 24.1 Å². The van der Waals surface area contributed by atoms with E-state index in [4.69, 9.17) is 4.89 Å². The minimum absolute atomic E-state index is 0.00926. The summed E-state index contributed by atoms with van der Waals surface area (Å²) >= 11 is 0. The highest BCUT2D eigenvalue weighted by atomic mass is 17.2. The predicted molar refractivity (Wildman–Crippen MR) is 159 cm³/mol. The molecule has 0 saturated heterocycles. The molecule has 2 aliphatic carbocycles. The Morgan fingerprint density at radius 2 is 1.10 bits per heavy atom. The largest absolute Gasteiger partial charge is 0.373 e. The van der Waals surface area contributed by atoms with E-state index in [1.54, 1.807) is 72.8 Å². The van der Waals surface area contributed by atoms with E-state index in [9.17, 15) is 24.0 Å². The highest BCUT2D eigenvalue weighted by Gasteiger charge is 2.66. The van der Waals surface area contributed by atoms with Crippen molar-refractivity contribution in [1.82, 2.24) is 0 Å². The molecule has 0 N–H and O–H groups in total. The molecule has 220 valence electrons. The van der Waals surface area contributed by atoms with Gasteiger partial charge in [-0.1, -0.05) is 99.6 Å². The molecular formula is C35H38O7. The van der Waals surface area contributed by atoms with Gasteiger partial charge in [0.2, 0.25) is 23.1 Å². The zero-order valence-corrected chi connectivity index (χ0v) is 25.0. The van der Waals surface area contributed by atoms with Crippen molar-refractivity contribution in [2.45, 2.75) is 60.0 Å². The molecular weight excluding hydrogens is 532 g/mol. The standard InChI is InChI=1S/C14H10O2.C11H14O3.C10H14O2/c15-13(11-7-3-1-4-8-11)14(16)12-9-5-2-6-10-12;1-11(2,3)14-13-10(12)9-7-5-4-6-8-9;1-9(2)6-4-5-10(9,3)8(12)7(6)11/h1-10H;4-8H,1-3H3;6H,4-5H2,1-3H3. The second kappa shape index (κ2) is 13.2. The molecule has 3 aromatic carbocycles. The highest BCUT2D eigenvalue weighted by Crippen LogP contribution is 2.61. The second-order valence-corrected chi connectivity index (χ2v) is 12.2. The summed E-state index contributed by atoms with van der Waals surface area (Å²) in [5.74, 6) is -1.63. The van der Waals surface area contributed by atoms with Crippen LogP contribution in [0.5, 0.6) is 0 Å². The summed E-state index contributed by atoms with van der Waals surface area (Å²) in [5, 5.41) is 0. The molecule has 0 heterocycles. The fourth-order valence-corrected chi connectivity index (χ4v) is 5.02. The highest BCUT2D eigenvalue weighted by molar-refractivity contribution is 6.49. The van der Waals surface area contributed by atoms with Gasteiger partial charge in [0, 0.05) is 22.5 Å². The van der Waals surface area contributed by atoms with Gasteiger partial charge in [-0.25, -0.2) is 4.79 Å². The summed E-state index contributed by atoms with van der Waals surface area (Å²) in [5.41, 5.74) is 0.407. The van der Waals surface area contributed by atoms with Gasteiger partial charge in [-0.05, 0) is 51.2 Å². The summed E-state index contributed by atoms with van der Waals surface area (Å²) < 4.78 is 0. The van der Waals surface area contributed by atoms with E-state index in [1.165, 1.54) is 0 Å². The molecule has 2 aliphatic rings. The lowest BCUT2D eigenvalue weighted by Gasteiger charge is -2.31. The molecule has 2 atom stereocenters. The number of rotatable bonds is 5. The molecule has 2 saturated carbocycles. The van der Waals surface area contributed by atoms with Crippen molar-refractivity contribution in [3.63, 3.8) is 0 Å². The summed E-state index contributed by atoms with van der Waals surface area (Å²) in [6.45, 7) is 11.5. The zero-order chi connectivity index (χ0) is 31.1. The van der Waals surface area contributed by atoms with Crippen LogP contribution in [0.2, 0.25) is 0 Å². The zero-order valence-electron chi connectivity index (χ0n) is 25.0. The number of carbonyl (C=O) groups excluding carboxylic acids is 5. The van der Waals surface area contributed by atoms with Crippen molar-refractivity contribution in [3.8, 4) is 0 Å². The third-order valence-electron chi connectivity index (χ3n) is 7.92. The third kappa shape index (κ3) is 7.34. The first-order chi connectivity index (χ1) is 19.7. The first-order valence-electron chi connectivity index (χ1n) is 13.9. The Morgan fingerprint density at radius 1 is 0.690 bits per heavy atom. The van der Waals surface area contributed by atoms with E-state index in [1.807, 2.05) is 59.7 Å². The summed E-state index contributed by atoms with van der Waals surface area (Å²) in [7, 11) is 0. The van der Waals surface area contributed by atoms with Crippen LogP contribution in [0.1, 0.15) is 85.5 Å². The molecule has 5 rings (SSSR count). The topological polar surface area (TPSA) is 104 Å². The van der Waals surface area contributed by atoms with Gasteiger partial charge in [0.1, 0.15) is 5.60 Å². The van der Waals surface area contributed by atoms with Crippen LogP contribution >= 0.6 is 0 Å². The van der Waals surface area contributed by atoms with E-state index >= 15 is 0 Å². The molecule has 7 heteroatoms. The van der Waals surface area contributed by atoms with Crippen molar-refractivity contribution < 1.29 is 33.7 Å². The Kier molecular flexibility index (Phi) is 10.1. The van der Waals surface area contributed by atoms with Crippen molar-refractivity contribution >= 4 is 29.1 Å². The average molecular weight is 571 g/mol. The lowest BCUT2D eigenvalue weighted by atomic mass is 9.70. The quantitative estimate of drug-likeness (QED) is 0.142. The molecule has 0 amide bonds. The van der Waals surface area contributed by atoms with E-state index < -0.39 is 23.1 Å². The van der Waals surface area contributed by atoms with Crippen LogP contribution in [0.3, 0.4) is 0 Å². The number of hydrogen-bond donors (Lipinski definition) is 0. The van der Waals surface area contributed by atoms with E-state index in [2.05, 4.69) is 4.89 Å². The van der Waals surface area contributed by atoms with Crippen LogP contribution < -0.4 is 0 Å². The Labute approximate surface area is 247 Å². The Bertz CT molecular complexity index is 1370. The SMILES string of the molecule is CC(C)(C)OOC(=O)c1ccccc1.CC12CCC(C(=O)C1=O)C2(C)C.O=C(C(=O)c1ccccc1)c1ccccc1. The average Bonchev–Trinajstić information content (AvgIpc) is 3.30. The number of hydrogen-bond acceptors (Lipinski definition) is 7. The van der Waals surface area contributed by atoms with E-state index in [-0.39, 0.29) is 28.3 Å². The number of fused-ring (bicyclic) bond motifs is 2. The number of Topliss-reactive ketones (excluding diaryl/α,β-unsaturated/α-hetero) is 4. The van der Waals surface area contributed by atoms with Crippen molar-refractivity contribution in [1.29, 1.82) is 0 Å². The van der Waals surface area contributed by atoms with Crippen LogP contribution in [-0.4, -0.2) is 34.7 Å². The molecule has 2 bridgehead atoms. The van der Waals surface area contributed by atoms with E-state index in [0.717, 1.165) is 12.8 Å². The van der Waals surface area contributed by atoms with Gasteiger partial charge in [0.05, 0.1) is 5.56 Å². The van der Waals surface area contributed by atoms with Gasteiger partial charge in [-0.2, -0.15) is 4.89 Å². The van der Waals surface area contributed by atoms with Crippen LogP contribution in [0.25, 0.3) is 0 Å². The Morgan fingerprint density at radius 3 is 1.40 bits per heavy atom. The summed E-state index contributed by atoms with van der Waals surface area (Å²) in [4.78, 5) is 67.5. The van der Waals surface area contributed by atoms with Gasteiger partial charge in [0.25, 0.3) is 0 Å². The molecule has 0 aromatic heterocycles. The van der Waals surface area contributed by atoms with Gasteiger partial charge in [0.15, 0.2) is 0 Å². The molecule has 0 aliphatic heterocycles. The lowest BCUT2D eigenvalue weighted by Crippen LogP contribution is -2.33. The fraction of sp³-hybridized carbons (Fsp3) is 0.343. The molecule has 0 radical (unpaired) electrons. The normalized spacial score (nSPS) is 20.0. The molecule has 42 heavy (non-hydrogen) atoms. The van der Waals surface area contributed by atoms with Gasteiger partial charge >= 0.3 is 5.97 Å². The lowest BCUT2D eigenvalue weighted by molar-refractivity contribution is -0.301. The van der Waals surface area contributed by atoms with Gasteiger partial charge < -0.3 is 0 Å². The minimum Gasteiger partial charge on any atom is -0.292 e. The summed E-state index contributed by atoms with van der Waals surface area (Å²) in [6.07, 6.45) is 1.81. The monoisotopic (exact) mass is 570 g/mol. The summed E-state index contributed by atoms with van der Waals surface area (Å²) in [6, 6.07) is 25.9. The van der Waals surface area contributed by atoms with Crippen molar-refractivity contribution in [2.24, 2.45) is 16.7 Å². The first-order valence-corrected chi connectivity index (χ1v) is 13.9. The second-order valence-electron chi connectivity index (χ2n) is 12.2. The first kappa shape index (κ1) is 32.3. The van der Waals surface area contributed by atoms with Crippen molar-refractivity contribution in [2.75, 3.05) is 0 Å². The molecule has 7 nitrogen and oxygen atoms in total. The maximum atomic E-state index is 11.8. The van der Waals surface area contributed by atoms with Gasteiger partial charge in [-0.15, -0.1) is 0 Å². The maximum absolute atomic E-state index is 11.8. The molecule has 3 aromatic rings. The third-order valence-corrected chi connectivity index (χ3v) is 7.92.